The number of hydrogen-bond acceptors (Lipinski definition) is 2. The fourth-order valence-corrected chi connectivity index (χ4v) is 2.00. The maximum Gasteiger partial charge on any atom is 0.416 e. The van der Waals surface area contributed by atoms with Gasteiger partial charge in [0.15, 0.2) is 0 Å². The molecule has 0 spiro atoms. The van der Waals surface area contributed by atoms with E-state index in [-0.39, 0.29) is 18.1 Å². The number of halogens is 3. The third kappa shape index (κ3) is 3.63. The summed E-state index contributed by atoms with van der Waals surface area (Å²) in [6.45, 7) is 1.66. The molecule has 110 valence electrons. The van der Waals surface area contributed by atoms with E-state index >= 15 is 0 Å². The van der Waals surface area contributed by atoms with E-state index in [1.807, 2.05) is 0 Å². The molecule has 0 aliphatic carbocycles. The van der Waals surface area contributed by atoms with Crippen molar-refractivity contribution in [2.75, 3.05) is 26.3 Å². The summed E-state index contributed by atoms with van der Waals surface area (Å²) >= 11 is 0. The fourth-order valence-electron chi connectivity index (χ4n) is 2.00. The van der Waals surface area contributed by atoms with Crippen LogP contribution in [0.2, 0.25) is 0 Å². The monoisotopic (exact) mass is 288 g/mol. The molecule has 0 aromatic heterocycles. The summed E-state index contributed by atoms with van der Waals surface area (Å²) in [6, 6.07) is 4.85. The molecule has 1 aromatic rings. The van der Waals surface area contributed by atoms with Gasteiger partial charge in [0.25, 0.3) is 0 Å². The van der Waals surface area contributed by atoms with Crippen molar-refractivity contribution in [1.82, 2.24) is 10.2 Å². The van der Waals surface area contributed by atoms with Crippen molar-refractivity contribution in [2.45, 2.75) is 12.7 Å². The zero-order chi connectivity index (χ0) is 14.6. The van der Waals surface area contributed by atoms with Crippen LogP contribution in [-0.2, 0) is 17.5 Å². The number of nitrogens with one attached hydrogen (secondary N) is 1. The molecule has 1 aromatic carbocycles. The van der Waals surface area contributed by atoms with E-state index < -0.39 is 11.7 Å². The summed E-state index contributed by atoms with van der Waals surface area (Å²) in [7, 11) is 0. The van der Waals surface area contributed by atoms with E-state index in [1.165, 1.54) is 23.1 Å². The van der Waals surface area contributed by atoms with Crippen LogP contribution >= 0.6 is 0 Å². The van der Waals surface area contributed by atoms with E-state index in [0.29, 0.717) is 26.3 Å². The summed E-state index contributed by atoms with van der Waals surface area (Å²) in [5, 5.41) is 2.51. The summed E-state index contributed by atoms with van der Waals surface area (Å²) in [5.41, 5.74) is -0.663. The van der Waals surface area contributed by atoms with Crippen molar-refractivity contribution < 1.29 is 22.7 Å². The molecule has 0 atom stereocenters. The molecule has 1 saturated heterocycles. The van der Waals surface area contributed by atoms with E-state index in [9.17, 15) is 18.0 Å². The zero-order valence-electron chi connectivity index (χ0n) is 10.7. The third-order valence-corrected chi connectivity index (χ3v) is 3.05. The Kier molecular flexibility index (Phi) is 4.49. The Morgan fingerprint density at radius 3 is 2.55 bits per heavy atom. The Balaban J connectivity index is 1.98. The van der Waals surface area contributed by atoms with Gasteiger partial charge in [0.2, 0.25) is 0 Å². The fraction of sp³-hybridized carbons (Fsp3) is 0.462. The van der Waals surface area contributed by atoms with Crippen LogP contribution in [0.4, 0.5) is 18.0 Å². The van der Waals surface area contributed by atoms with Gasteiger partial charge in [0, 0.05) is 19.6 Å². The lowest BCUT2D eigenvalue weighted by atomic mass is 10.1. The number of alkyl halides is 3. The van der Waals surface area contributed by atoms with Crippen molar-refractivity contribution in [3.05, 3.63) is 35.4 Å². The molecule has 1 N–H and O–H groups in total. The van der Waals surface area contributed by atoms with Gasteiger partial charge in [-0.15, -0.1) is 0 Å². The summed E-state index contributed by atoms with van der Waals surface area (Å²) in [5.74, 6) is 0. The first-order valence-electron chi connectivity index (χ1n) is 6.24. The van der Waals surface area contributed by atoms with E-state index in [2.05, 4.69) is 5.32 Å². The van der Waals surface area contributed by atoms with Crippen LogP contribution in [0.3, 0.4) is 0 Å². The van der Waals surface area contributed by atoms with Gasteiger partial charge in [-0.3, -0.25) is 0 Å². The van der Waals surface area contributed by atoms with Gasteiger partial charge in [0.05, 0.1) is 18.8 Å². The molecular weight excluding hydrogens is 273 g/mol. The molecule has 0 bridgehead atoms. The van der Waals surface area contributed by atoms with Gasteiger partial charge in [-0.05, 0) is 11.6 Å². The number of hydrogen-bond donors (Lipinski definition) is 1. The normalized spacial score (nSPS) is 16.1. The Morgan fingerprint density at radius 1 is 1.25 bits per heavy atom. The lowest BCUT2D eigenvalue weighted by molar-refractivity contribution is -0.138. The summed E-state index contributed by atoms with van der Waals surface area (Å²) in [4.78, 5) is 13.3. The van der Waals surface area contributed by atoms with E-state index in [1.54, 1.807) is 0 Å². The highest BCUT2D eigenvalue weighted by Gasteiger charge is 2.32. The second-order valence-corrected chi connectivity index (χ2v) is 4.41. The van der Waals surface area contributed by atoms with Crippen LogP contribution in [0.25, 0.3) is 0 Å². The highest BCUT2D eigenvalue weighted by molar-refractivity contribution is 5.74. The lowest BCUT2D eigenvalue weighted by Gasteiger charge is -2.27. The molecule has 1 fully saturated rings. The maximum absolute atomic E-state index is 12.8. The minimum atomic E-state index is -4.42. The van der Waals surface area contributed by atoms with Gasteiger partial charge in [-0.1, -0.05) is 18.2 Å². The number of nitrogens with zero attached hydrogens (tertiary/aromatic N) is 1. The van der Waals surface area contributed by atoms with Crippen LogP contribution in [0.1, 0.15) is 11.1 Å². The Labute approximate surface area is 114 Å². The Morgan fingerprint density at radius 2 is 1.90 bits per heavy atom. The second kappa shape index (κ2) is 6.13. The molecule has 1 aliphatic rings. The lowest BCUT2D eigenvalue weighted by Crippen LogP contribution is -2.46. The molecule has 20 heavy (non-hydrogen) atoms. The van der Waals surface area contributed by atoms with Crippen molar-refractivity contribution in [2.24, 2.45) is 0 Å². The van der Waals surface area contributed by atoms with Crippen molar-refractivity contribution >= 4 is 6.03 Å². The first-order valence-corrected chi connectivity index (χ1v) is 6.24. The molecule has 2 amide bonds. The highest BCUT2D eigenvalue weighted by atomic mass is 19.4. The largest absolute Gasteiger partial charge is 0.416 e. The molecule has 0 unspecified atom stereocenters. The minimum absolute atomic E-state index is 0.0570. The number of morpholine rings is 1. The number of carbonyl (C=O) groups is 1. The predicted octanol–water partition coefficient (Wildman–Crippen LogP) is 2.25. The smallest absolute Gasteiger partial charge is 0.378 e. The zero-order valence-corrected chi connectivity index (χ0v) is 10.7. The van der Waals surface area contributed by atoms with Gasteiger partial charge in [-0.2, -0.15) is 13.2 Å². The molecule has 0 saturated carbocycles. The SMILES string of the molecule is O=C(NCc1ccccc1C(F)(F)F)N1CCOCC1. The first kappa shape index (κ1) is 14.6. The second-order valence-electron chi connectivity index (χ2n) is 4.41. The average Bonchev–Trinajstić information content (AvgIpc) is 2.45. The van der Waals surface area contributed by atoms with Crippen molar-refractivity contribution in [3.8, 4) is 0 Å². The highest BCUT2D eigenvalue weighted by Crippen LogP contribution is 2.31. The average molecular weight is 288 g/mol. The van der Waals surface area contributed by atoms with Gasteiger partial charge >= 0.3 is 12.2 Å². The van der Waals surface area contributed by atoms with Crippen LogP contribution in [-0.4, -0.2) is 37.2 Å². The standard InChI is InChI=1S/C13H15F3N2O2/c14-13(15,16)11-4-2-1-3-10(11)9-17-12(19)18-5-7-20-8-6-18/h1-4H,5-9H2,(H,17,19). The van der Waals surface area contributed by atoms with Crippen LogP contribution in [0.15, 0.2) is 24.3 Å². The van der Waals surface area contributed by atoms with E-state index in [4.69, 9.17) is 4.74 Å². The molecule has 1 heterocycles. The third-order valence-electron chi connectivity index (χ3n) is 3.05. The van der Waals surface area contributed by atoms with Gasteiger partial charge < -0.3 is 15.0 Å². The number of carbonyl (C=O) groups excluding carboxylic acids is 1. The predicted molar refractivity (Wildman–Crippen MR) is 66.1 cm³/mol. The number of benzene rings is 1. The van der Waals surface area contributed by atoms with Crippen LogP contribution in [0, 0.1) is 0 Å². The number of urea groups is 1. The van der Waals surface area contributed by atoms with Crippen molar-refractivity contribution in [1.29, 1.82) is 0 Å². The summed E-state index contributed by atoms with van der Waals surface area (Å²) in [6.07, 6.45) is -4.42. The molecule has 1 aliphatic heterocycles. The topological polar surface area (TPSA) is 41.6 Å². The van der Waals surface area contributed by atoms with Crippen LogP contribution in [0.5, 0.6) is 0 Å². The molecular formula is C13H15F3N2O2. The molecule has 4 nitrogen and oxygen atoms in total. The molecule has 7 heteroatoms. The van der Waals surface area contributed by atoms with Crippen LogP contribution < -0.4 is 5.32 Å². The van der Waals surface area contributed by atoms with Gasteiger partial charge in [-0.25, -0.2) is 4.79 Å². The number of amides is 2. The first-order chi connectivity index (χ1) is 9.48. The van der Waals surface area contributed by atoms with Crippen molar-refractivity contribution in [3.63, 3.8) is 0 Å². The Bertz CT molecular complexity index is 471. The molecule has 0 radical (unpaired) electrons. The number of ether oxygens (including phenoxy) is 1. The quantitative estimate of drug-likeness (QED) is 0.907. The molecule has 2 rings (SSSR count). The number of rotatable bonds is 2. The van der Waals surface area contributed by atoms with E-state index in [0.717, 1.165) is 6.07 Å². The Hall–Kier alpha value is -1.76. The minimum Gasteiger partial charge on any atom is -0.378 e. The van der Waals surface area contributed by atoms with Gasteiger partial charge in [0.1, 0.15) is 0 Å². The summed E-state index contributed by atoms with van der Waals surface area (Å²) < 4.78 is 43.5. The maximum atomic E-state index is 12.8.